The topological polar surface area (TPSA) is 64.7 Å². The van der Waals surface area contributed by atoms with Crippen molar-refractivity contribution < 1.29 is 4.42 Å². The number of aromatic nitrogens is 4. The van der Waals surface area contributed by atoms with Crippen LogP contribution >= 0.6 is 11.3 Å². The molecule has 0 amide bonds. The highest BCUT2D eigenvalue weighted by molar-refractivity contribution is 7.26. The number of rotatable bonds is 7. The quantitative estimate of drug-likeness (QED) is 0.160. The van der Waals surface area contributed by atoms with Gasteiger partial charge in [0.15, 0.2) is 17.5 Å². The normalized spacial score (nSPS) is 11.5. The molecule has 0 bridgehead atoms. The number of hydrogen-bond donors (Lipinski definition) is 0. The van der Waals surface area contributed by atoms with Gasteiger partial charge in [-0.05, 0) is 74.8 Å². The fourth-order valence-corrected chi connectivity index (χ4v) is 9.89. The van der Waals surface area contributed by atoms with E-state index in [1.54, 1.807) is 0 Å². The molecule has 5 nitrogen and oxygen atoms in total. The molecule has 0 atom stereocenters. The third-order valence-corrected chi connectivity index (χ3v) is 13.0. The third kappa shape index (κ3) is 6.33. The Balaban J connectivity index is 0.930. The summed E-state index contributed by atoms with van der Waals surface area (Å²) in [5.41, 5.74) is 13.7. The minimum Gasteiger partial charge on any atom is -0.456 e. The van der Waals surface area contributed by atoms with Gasteiger partial charge in [0.1, 0.15) is 11.2 Å². The van der Waals surface area contributed by atoms with Gasteiger partial charge in [0.05, 0.1) is 0 Å². The molecule has 0 unspecified atom stereocenters. The zero-order valence-corrected chi connectivity index (χ0v) is 34.1. The van der Waals surface area contributed by atoms with E-state index in [1.165, 1.54) is 36.9 Å². The molecule has 8 aromatic carbocycles. The number of pyridine rings is 1. The first kappa shape index (κ1) is 35.8. The number of hydrogen-bond acceptors (Lipinski definition) is 6. The summed E-state index contributed by atoms with van der Waals surface area (Å²) in [5, 5.41) is 4.61. The summed E-state index contributed by atoms with van der Waals surface area (Å²) < 4.78 is 8.70. The van der Waals surface area contributed by atoms with Gasteiger partial charge in [-0.2, -0.15) is 0 Å². The Labute approximate surface area is 361 Å². The van der Waals surface area contributed by atoms with E-state index < -0.39 is 0 Å². The summed E-state index contributed by atoms with van der Waals surface area (Å²) >= 11 is 1.86. The third-order valence-electron chi connectivity index (χ3n) is 11.7. The van der Waals surface area contributed by atoms with Crippen LogP contribution in [0.15, 0.2) is 211 Å². The van der Waals surface area contributed by atoms with Crippen LogP contribution in [0.4, 0.5) is 0 Å². The molecular formula is C56H34N4OS. The minimum atomic E-state index is 0.603. The number of thiophene rings is 1. The van der Waals surface area contributed by atoms with Crippen molar-refractivity contribution in [2.75, 3.05) is 0 Å². The van der Waals surface area contributed by atoms with Gasteiger partial charge in [-0.15, -0.1) is 11.3 Å². The molecule has 0 aliphatic rings. The minimum absolute atomic E-state index is 0.603. The van der Waals surface area contributed by atoms with E-state index in [2.05, 4.69) is 157 Å². The number of nitrogens with zero attached hydrogens (tertiary/aromatic N) is 4. The maximum Gasteiger partial charge on any atom is 0.164 e. The van der Waals surface area contributed by atoms with Gasteiger partial charge in [-0.3, -0.25) is 4.98 Å². The average molecular weight is 811 g/mol. The van der Waals surface area contributed by atoms with Crippen molar-refractivity contribution in [2.45, 2.75) is 0 Å². The second kappa shape index (κ2) is 14.9. The molecule has 0 aliphatic carbocycles. The van der Waals surface area contributed by atoms with Gasteiger partial charge in [-0.1, -0.05) is 164 Å². The predicted octanol–water partition coefficient (Wildman–Crippen LogP) is 15.2. The first-order valence-corrected chi connectivity index (χ1v) is 21.4. The standard InChI is InChI=1S/C56H34N4OS/c1-2-9-35(10-3-1)36-20-26-40(27-21-36)54-58-55(60-56(59-54)42-30-31-51-49(33-42)46-12-4-5-17-50(46)61-51)41-28-24-39(25-29-41)45-14-7-16-48-47-15-6-13-44(52(47)62-53(45)48)38-22-18-37(19-23-38)43-11-8-32-57-34-43/h1-34H. The van der Waals surface area contributed by atoms with Gasteiger partial charge in [0, 0.05) is 60.0 Å². The van der Waals surface area contributed by atoms with E-state index in [9.17, 15) is 0 Å². The SMILES string of the molecule is c1ccc(-c2ccc(-c3nc(-c4ccc(-c5cccc6c5sc5c(-c7ccc(-c8cccnc8)cc7)cccc56)cc4)nc(-c4ccc5oc6ccccc6c5c4)n3)cc2)cc1. The smallest absolute Gasteiger partial charge is 0.164 e. The van der Waals surface area contributed by atoms with E-state index in [0.717, 1.165) is 66.4 Å². The molecule has 0 aliphatic heterocycles. The van der Waals surface area contributed by atoms with Crippen LogP contribution in [0.25, 0.3) is 121 Å². The lowest BCUT2D eigenvalue weighted by molar-refractivity contribution is 0.669. The van der Waals surface area contributed by atoms with Crippen LogP contribution in [0.3, 0.4) is 0 Å². The van der Waals surface area contributed by atoms with Crippen LogP contribution in [0.1, 0.15) is 0 Å². The van der Waals surface area contributed by atoms with Gasteiger partial charge in [0.25, 0.3) is 0 Å². The molecule has 12 aromatic rings. The predicted molar refractivity (Wildman–Crippen MR) is 256 cm³/mol. The molecule has 6 heteroatoms. The molecule has 4 aromatic heterocycles. The number of furan rings is 1. The highest BCUT2D eigenvalue weighted by Crippen LogP contribution is 2.44. The molecule has 0 N–H and O–H groups in total. The highest BCUT2D eigenvalue weighted by Gasteiger charge is 2.17. The number of para-hydroxylation sites is 1. The van der Waals surface area contributed by atoms with Gasteiger partial charge >= 0.3 is 0 Å². The average Bonchev–Trinajstić information content (AvgIpc) is 3.93. The molecule has 0 saturated heterocycles. The molecule has 0 saturated carbocycles. The van der Waals surface area contributed by atoms with Crippen molar-refractivity contribution in [2.24, 2.45) is 0 Å². The lowest BCUT2D eigenvalue weighted by atomic mass is 9.98. The zero-order valence-electron chi connectivity index (χ0n) is 33.2. The van der Waals surface area contributed by atoms with E-state index in [-0.39, 0.29) is 0 Å². The van der Waals surface area contributed by atoms with E-state index in [0.29, 0.717) is 17.5 Å². The van der Waals surface area contributed by atoms with Crippen molar-refractivity contribution in [1.82, 2.24) is 19.9 Å². The molecule has 62 heavy (non-hydrogen) atoms. The molecule has 0 radical (unpaired) electrons. The van der Waals surface area contributed by atoms with E-state index >= 15 is 0 Å². The Kier molecular flexibility index (Phi) is 8.61. The molecule has 0 spiro atoms. The summed E-state index contributed by atoms with van der Waals surface area (Å²) in [6, 6.07) is 67.9. The van der Waals surface area contributed by atoms with Crippen LogP contribution in [0.2, 0.25) is 0 Å². The number of benzene rings is 8. The summed E-state index contributed by atoms with van der Waals surface area (Å²) in [6.45, 7) is 0. The van der Waals surface area contributed by atoms with Crippen molar-refractivity contribution in [3.8, 4) is 78.7 Å². The summed E-state index contributed by atoms with van der Waals surface area (Å²) in [4.78, 5) is 19.6. The summed E-state index contributed by atoms with van der Waals surface area (Å²) in [5.74, 6) is 1.83. The Bertz CT molecular complexity index is 3600. The van der Waals surface area contributed by atoms with E-state index in [1.807, 2.05) is 66.2 Å². The van der Waals surface area contributed by atoms with Crippen LogP contribution < -0.4 is 0 Å². The van der Waals surface area contributed by atoms with Crippen LogP contribution in [0, 0.1) is 0 Å². The Morgan fingerprint density at radius 1 is 0.323 bits per heavy atom. The van der Waals surface area contributed by atoms with Gasteiger partial charge < -0.3 is 4.42 Å². The van der Waals surface area contributed by atoms with Crippen molar-refractivity contribution in [1.29, 1.82) is 0 Å². The van der Waals surface area contributed by atoms with Crippen molar-refractivity contribution >= 4 is 53.4 Å². The largest absolute Gasteiger partial charge is 0.456 e. The fraction of sp³-hybridized carbons (Fsp3) is 0. The first-order valence-electron chi connectivity index (χ1n) is 20.6. The van der Waals surface area contributed by atoms with Crippen LogP contribution in [-0.2, 0) is 0 Å². The van der Waals surface area contributed by atoms with Gasteiger partial charge in [-0.25, -0.2) is 15.0 Å². The van der Waals surface area contributed by atoms with Crippen molar-refractivity contribution in [3.05, 3.63) is 207 Å². The van der Waals surface area contributed by atoms with Crippen LogP contribution in [-0.4, -0.2) is 19.9 Å². The Hall–Kier alpha value is -8.06. The van der Waals surface area contributed by atoms with Crippen molar-refractivity contribution in [3.63, 3.8) is 0 Å². The highest BCUT2D eigenvalue weighted by atomic mass is 32.1. The number of fused-ring (bicyclic) bond motifs is 6. The Morgan fingerprint density at radius 3 is 1.40 bits per heavy atom. The Morgan fingerprint density at radius 2 is 0.790 bits per heavy atom. The maximum atomic E-state index is 6.16. The maximum absolute atomic E-state index is 6.16. The van der Waals surface area contributed by atoms with Gasteiger partial charge in [0.2, 0.25) is 0 Å². The monoisotopic (exact) mass is 810 g/mol. The second-order valence-electron chi connectivity index (χ2n) is 15.4. The molecule has 12 rings (SSSR count). The summed E-state index contributed by atoms with van der Waals surface area (Å²) in [6.07, 6.45) is 3.72. The molecule has 290 valence electrons. The first-order chi connectivity index (χ1) is 30.7. The second-order valence-corrected chi connectivity index (χ2v) is 16.4. The molecule has 0 fully saturated rings. The van der Waals surface area contributed by atoms with Crippen LogP contribution in [0.5, 0.6) is 0 Å². The lowest BCUT2D eigenvalue weighted by Crippen LogP contribution is -2.00. The fourth-order valence-electron chi connectivity index (χ4n) is 8.52. The zero-order chi connectivity index (χ0) is 41.0. The summed E-state index contributed by atoms with van der Waals surface area (Å²) in [7, 11) is 0. The molecule has 4 heterocycles. The lowest BCUT2D eigenvalue weighted by Gasteiger charge is -2.10. The molecular weight excluding hydrogens is 777 g/mol. The van der Waals surface area contributed by atoms with E-state index in [4.69, 9.17) is 19.4 Å².